The molecule has 3 saturated carbocycles. The smallest absolute Gasteiger partial charge is 0.235 e. The molecule has 1 aromatic rings. The molecule has 204 valence electrons. The second kappa shape index (κ2) is 9.51. The van der Waals surface area contributed by atoms with Crippen molar-refractivity contribution in [3.63, 3.8) is 0 Å². The van der Waals surface area contributed by atoms with Crippen molar-refractivity contribution in [2.24, 2.45) is 35.3 Å². The zero-order valence-electron chi connectivity index (χ0n) is 21.3. The number of benzene rings is 1. The maximum Gasteiger partial charge on any atom is 0.235 e. The van der Waals surface area contributed by atoms with Gasteiger partial charge in [0.05, 0.1) is 17.5 Å². The zero-order valence-corrected chi connectivity index (χ0v) is 22.1. The number of hydrogen-bond donors (Lipinski definition) is 4. The van der Waals surface area contributed by atoms with Crippen molar-refractivity contribution >= 4 is 40.6 Å². The number of aromatic hydroxyl groups is 1. The molecule has 0 radical (unpaired) electrons. The zero-order chi connectivity index (χ0) is 27.7. The standard InChI is InChI=1S/C27H32ClN3O7/c1-31(2)21-15-7-12-6-14-18(16(32)8-13(20(14)28)10-30-9-11-4-3-5-11)22(33)17(12)24(35)27(15,38)25(36)19(23(21)34)26(29)37/h8,11-12,15,17,19,21,30,32,38H,3-7,9-10H2,1-2H3,(H2,29,37)/t12-,15-,17?,19?,21-,27-/m0/s1. The number of fused-ring (bicyclic) bond motifs is 3. The number of nitrogens with two attached hydrogens (primary N) is 1. The summed E-state index contributed by atoms with van der Waals surface area (Å²) in [5.41, 5.74) is 3.55. The maximum absolute atomic E-state index is 13.8. The van der Waals surface area contributed by atoms with Crippen molar-refractivity contribution in [3.05, 3.63) is 27.8 Å². The van der Waals surface area contributed by atoms with Crippen LogP contribution in [0.4, 0.5) is 0 Å². The van der Waals surface area contributed by atoms with Gasteiger partial charge in [-0.25, -0.2) is 0 Å². The van der Waals surface area contributed by atoms with E-state index in [1.54, 1.807) is 14.1 Å². The van der Waals surface area contributed by atoms with Crippen molar-refractivity contribution in [2.75, 3.05) is 20.6 Å². The van der Waals surface area contributed by atoms with Gasteiger partial charge in [0.25, 0.3) is 0 Å². The van der Waals surface area contributed by atoms with Crippen molar-refractivity contribution in [3.8, 4) is 5.75 Å². The first-order valence-electron chi connectivity index (χ1n) is 13.0. The number of aliphatic hydroxyl groups is 1. The number of phenols is 1. The average Bonchev–Trinajstić information content (AvgIpc) is 2.80. The average molecular weight is 546 g/mol. The van der Waals surface area contributed by atoms with Crippen LogP contribution in [0.2, 0.25) is 5.02 Å². The lowest BCUT2D eigenvalue weighted by atomic mass is 9.52. The van der Waals surface area contributed by atoms with E-state index in [0.717, 1.165) is 6.54 Å². The third-order valence-corrected chi connectivity index (χ3v) is 9.51. The number of primary amides is 1. The second-order valence-corrected chi connectivity index (χ2v) is 11.8. The monoisotopic (exact) mass is 545 g/mol. The number of carbonyl (C=O) groups is 5. The summed E-state index contributed by atoms with van der Waals surface area (Å²) in [4.78, 5) is 67.4. The number of hydrogen-bond acceptors (Lipinski definition) is 9. The van der Waals surface area contributed by atoms with Gasteiger partial charge in [0, 0.05) is 17.5 Å². The van der Waals surface area contributed by atoms with Crippen LogP contribution in [-0.2, 0) is 32.1 Å². The molecule has 0 saturated heterocycles. The van der Waals surface area contributed by atoms with Crippen molar-refractivity contribution in [1.29, 1.82) is 0 Å². The summed E-state index contributed by atoms with van der Waals surface area (Å²) >= 11 is 6.73. The largest absolute Gasteiger partial charge is 0.507 e. The molecule has 4 aliphatic rings. The van der Waals surface area contributed by atoms with Crippen molar-refractivity contribution < 1.29 is 34.2 Å². The van der Waals surface area contributed by atoms with Crippen LogP contribution in [-0.4, -0.2) is 76.4 Å². The molecule has 38 heavy (non-hydrogen) atoms. The molecule has 0 aromatic heterocycles. The van der Waals surface area contributed by atoms with Gasteiger partial charge in [-0.3, -0.25) is 28.9 Å². The minimum absolute atomic E-state index is 0.00879. The molecule has 11 heteroatoms. The molecule has 1 amide bonds. The molecule has 0 aliphatic heterocycles. The molecule has 5 N–H and O–H groups in total. The molecule has 0 spiro atoms. The van der Waals surface area contributed by atoms with Gasteiger partial charge in [-0.15, -0.1) is 0 Å². The van der Waals surface area contributed by atoms with E-state index in [4.69, 9.17) is 17.3 Å². The topological polar surface area (TPSA) is 167 Å². The number of rotatable bonds is 6. The number of ketones is 4. The summed E-state index contributed by atoms with van der Waals surface area (Å²) in [6, 6.07) is 0.274. The van der Waals surface area contributed by atoms with Gasteiger partial charge >= 0.3 is 0 Å². The Labute approximate surface area is 224 Å². The first-order chi connectivity index (χ1) is 17.9. The summed E-state index contributed by atoms with van der Waals surface area (Å²) in [6.45, 7) is 1.23. The van der Waals surface area contributed by atoms with Crippen LogP contribution in [0.3, 0.4) is 0 Å². The molecular formula is C27H32ClN3O7. The van der Waals surface area contributed by atoms with Gasteiger partial charge < -0.3 is 21.3 Å². The molecule has 0 bridgehead atoms. The van der Waals surface area contributed by atoms with E-state index >= 15 is 0 Å². The van der Waals surface area contributed by atoms with Crippen LogP contribution in [0.25, 0.3) is 0 Å². The van der Waals surface area contributed by atoms with Crippen molar-refractivity contribution in [1.82, 2.24) is 10.2 Å². The number of Topliss-reactive ketones (excluding diaryl/α,β-unsaturated/α-hetero) is 4. The lowest BCUT2D eigenvalue weighted by Crippen LogP contribution is -2.74. The number of halogens is 1. The van der Waals surface area contributed by atoms with E-state index in [2.05, 4.69) is 5.32 Å². The van der Waals surface area contributed by atoms with E-state index in [9.17, 15) is 34.2 Å². The maximum atomic E-state index is 13.8. The number of nitrogens with zero attached hydrogens (tertiary/aromatic N) is 1. The number of carbonyl (C=O) groups excluding carboxylic acids is 5. The van der Waals surface area contributed by atoms with Gasteiger partial charge in [0.15, 0.2) is 34.7 Å². The van der Waals surface area contributed by atoms with Crippen LogP contribution in [0.5, 0.6) is 5.75 Å². The predicted octanol–water partition coefficient (Wildman–Crippen LogP) is 0.410. The van der Waals surface area contributed by atoms with Crippen LogP contribution in [0.1, 0.15) is 47.2 Å². The van der Waals surface area contributed by atoms with Gasteiger partial charge in [0.1, 0.15) is 5.75 Å². The first kappa shape index (κ1) is 26.9. The van der Waals surface area contributed by atoms with Gasteiger partial charge in [-0.1, -0.05) is 18.0 Å². The molecule has 1 aromatic carbocycles. The Kier molecular flexibility index (Phi) is 6.74. The van der Waals surface area contributed by atoms with Crippen LogP contribution >= 0.6 is 11.6 Å². The number of amides is 1. The fourth-order valence-electron chi connectivity index (χ4n) is 6.94. The Morgan fingerprint density at radius 3 is 2.47 bits per heavy atom. The van der Waals surface area contributed by atoms with Crippen LogP contribution in [0, 0.1) is 29.6 Å². The highest BCUT2D eigenvalue weighted by Crippen LogP contribution is 2.51. The fraction of sp³-hybridized carbons (Fsp3) is 0.593. The van der Waals surface area contributed by atoms with Gasteiger partial charge in [-0.05, 0) is 75.4 Å². The van der Waals surface area contributed by atoms with E-state index in [1.165, 1.54) is 30.2 Å². The van der Waals surface area contributed by atoms with E-state index in [-0.39, 0.29) is 24.2 Å². The Bertz CT molecular complexity index is 1260. The summed E-state index contributed by atoms with van der Waals surface area (Å²) in [5.74, 6) is -10.1. The third-order valence-electron chi connectivity index (χ3n) is 9.04. The lowest BCUT2D eigenvalue weighted by molar-refractivity contribution is -0.181. The van der Waals surface area contributed by atoms with Crippen LogP contribution in [0.15, 0.2) is 6.07 Å². The SMILES string of the molecule is CN(C)[C@@H]1C(=O)C(C(N)=O)C(=O)[C@@]2(O)C(=O)C3C(=O)c4c(O)cc(CNCC5CCC5)c(Cl)c4C[C@H]3C[C@@H]12. The Morgan fingerprint density at radius 2 is 1.89 bits per heavy atom. The molecular weight excluding hydrogens is 514 g/mol. The second-order valence-electron chi connectivity index (χ2n) is 11.4. The summed E-state index contributed by atoms with van der Waals surface area (Å²) in [7, 11) is 3.10. The highest BCUT2D eigenvalue weighted by molar-refractivity contribution is 6.34. The quantitative estimate of drug-likeness (QED) is 0.370. The van der Waals surface area contributed by atoms with Gasteiger partial charge in [-0.2, -0.15) is 0 Å². The van der Waals surface area contributed by atoms with E-state index in [1.807, 2.05) is 0 Å². The fourth-order valence-corrected chi connectivity index (χ4v) is 7.24. The number of nitrogens with one attached hydrogen (secondary N) is 1. The van der Waals surface area contributed by atoms with E-state index < -0.39 is 64.4 Å². The normalized spacial score (nSPS) is 33.0. The summed E-state index contributed by atoms with van der Waals surface area (Å²) in [5, 5.41) is 26.1. The molecule has 5 rings (SSSR count). The number of phenolic OH excluding ortho intramolecular Hbond substituents is 1. The Balaban J connectivity index is 1.52. The Hall–Kier alpha value is -2.66. The minimum atomic E-state index is -2.73. The van der Waals surface area contributed by atoms with E-state index in [0.29, 0.717) is 28.6 Å². The lowest BCUT2D eigenvalue weighted by Gasteiger charge is -2.52. The minimum Gasteiger partial charge on any atom is -0.507 e. The molecule has 6 atom stereocenters. The van der Waals surface area contributed by atoms with Crippen molar-refractivity contribution in [2.45, 2.75) is 50.3 Å². The van der Waals surface area contributed by atoms with Gasteiger partial charge in [0.2, 0.25) is 5.91 Å². The predicted molar refractivity (Wildman–Crippen MR) is 135 cm³/mol. The number of likely N-dealkylation sites (N-methyl/N-ethyl adjacent to an activating group) is 1. The summed E-state index contributed by atoms with van der Waals surface area (Å²) in [6.07, 6.45) is 3.71. The summed E-state index contributed by atoms with van der Waals surface area (Å²) < 4.78 is 0. The molecule has 4 aliphatic carbocycles. The first-order valence-corrected chi connectivity index (χ1v) is 13.4. The Morgan fingerprint density at radius 1 is 1.21 bits per heavy atom. The molecule has 10 nitrogen and oxygen atoms in total. The molecule has 0 heterocycles. The molecule has 2 unspecified atom stereocenters. The third kappa shape index (κ3) is 3.84. The highest BCUT2D eigenvalue weighted by atomic mass is 35.5. The highest BCUT2D eigenvalue weighted by Gasteiger charge is 2.69. The molecule has 3 fully saturated rings. The van der Waals surface area contributed by atoms with Crippen LogP contribution < -0.4 is 11.1 Å².